The molecule has 1 aromatic carbocycles. The standard InChI is InChI=1S/C14H17BF2O2/c1-13(2)14(3,4)19-15(18-13)8-7-10-5-6-11(16)12(17)9-10/h5-9H,1-4H3/b8-7+. The van der Waals surface area contributed by atoms with Crippen molar-refractivity contribution in [2.45, 2.75) is 38.9 Å². The smallest absolute Gasteiger partial charge is 0.400 e. The molecule has 2 nitrogen and oxygen atoms in total. The summed E-state index contributed by atoms with van der Waals surface area (Å²) < 4.78 is 37.4. The molecule has 0 amide bonds. The fourth-order valence-corrected chi connectivity index (χ4v) is 1.77. The van der Waals surface area contributed by atoms with Gasteiger partial charge in [-0.1, -0.05) is 18.1 Å². The van der Waals surface area contributed by atoms with Gasteiger partial charge in [-0.05, 0) is 45.4 Å². The summed E-state index contributed by atoms with van der Waals surface area (Å²) in [7, 11) is -0.488. The van der Waals surface area contributed by atoms with Crippen LogP contribution in [-0.4, -0.2) is 18.3 Å². The summed E-state index contributed by atoms with van der Waals surface area (Å²) in [5, 5.41) is 0. The van der Waals surface area contributed by atoms with E-state index < -0.39 is 30.0 Å². The number of hydrogen-bond donors (Lipinski definition) is 0. The summed E-state index contributed by atoms with van der Waals surface area (Å²) in [6, 6.07) is 3.73. The van der Waals surface area contributed by atoms with Crippen molar-refractivity contribution in [3.63, 3.8) is 0 Å². The monoisotopic (exact) mass is 266 g/mol. The molecule has 5 heteroatoms. The molecule has 1 fully saturated rings. The molecule has 102 valence electrons. The third kappa shape index (κ3) is 2.87. The SMILES string of the molecule is CC1(C)OB(/C=C/c2ccc(F)c(F)c2)OC1(C)C. The molecule has 1 aliphatic rings. The first-order chi connectivity index (χ1) is 8.71. The van der Waals surface area contributed by atoms with Crippen LogP contribution in [0.5, 0.6) is 0 Å². The average molecular weight is 266 g/mol. The first kappa shape index (κ1) is 14.2. The lowest BCUT2D eigenvalue weighted by atomic mass is 9.89. The molecule has 0 aliphatic carbocycles. The largest absolute Gasteiger partial charge is 0.487 e. The van der Waals surface area contributed by atoms with E-state index >= 15 is 0 Å². The summed E-state index contributed by atoms with van der Waals surface area (Å²) in [5.41, 5.74) is -0.250. The van der Waals surface area contributed by atoms with Gasteiger partial charge in [0.05, 0.1) is 11.2 Å². The van der Waals surface area contributed by atoms with Crippen molar-refractivity contribution < 1.29 is 18.1 Å². The van der Waals surface area contributed by atoms with Crippen LogP contribution in [0.2, 0.25) is 0 Å². The second-order valence-corrected chi connectivity index (χ2v) is 5.66. The molecule has 1 aromatic rings. The van der Waals surface area contributed by atoms with E-state index in [1.807, 2.05) is 27.7 Å². The summed E-state index contributed by atoms with van der Waals surface area (Å²) in [4.78, 5) is 0. The van der Waals surface area contributed by atoms with Crippen LogP contribution in [0.15, 0.2) is 24.2 Å². The van der Waals surface area contributed by atoms with Gasteiger partial charge in [0.15, 0.2) is 11.6 Å². The Morgan fingerprint density at radius 2 is 1.58 bits per heavy atom. The first-order valence-corrected chi connectivity index (χ1v) is 6.20. The number of hydrogen-bond acceptors (Lipinski definition) is 2. The van der Waals surface area contributed by atoms with Crippen molar-refractivity contribution in [2.75, 3.05) is 0 Å². The van der Waals surface area contributed by atoms with Gasteiger partial charge >= 0.3 is 7.12 Å². The number of halogens is 2. The number of rotatable bonds is 2. The zero-order valence-corrected chi connectivity index (χ0v) is 11.5. The van der Waals surface area contributed by atoms with Gasteiger partial charge in [0, 0.05) is 0 Å². The summed E-state index contributed by atoms with van der Waals surface area (Å²) in [6.45, 7) is 7.83. The predicted molar refractivity (Wildman–Crippen MR) is 71.5 cm³/mol. The van der Waals surface area contributed by atoms with Gasteiger partial charge < -0.3 is 9.31 Å². The topological polar surface area (TPSA) is 18.5 Å². The van der Waals surface area contributed by atoms with Gasteiger partial charge in [0.1, 0.15) is 0 Å². The minimum Gasteiger partial charge on any atom is -0.400 e. The van der Waals surface area contributed by atoms with Gasteiger partial charge in [-0.2, -0.15) is 0 Å². The van der Waals surface area contributed by atoms with Crippen LogP contribution in [0.4, 0.5) is 8.78 Å². The Balaban J connectivity index is 2.10. The van der Waals surface area contributed by atoms with Crippen molar-refractivity contribution in [3.05, 3.63) is 41.4 Å². The van der Waals surface area contributed by atoms with E-state index in [-0.39, 0.29) is 0 Å². The van der Waals surface area contributed by atoms with E-state index in [1.54, 1.807) is 12.1 Å². The van der Waals surface area contributed by atoms with E-state index in [0.717, 1.165) is 12.1 Å². The van der Waals surface area contributed by atoms with Crippen LogP contribution >= 0.6 is 0 Å². The minimum atomic E-state index is -0.865. The molecule has 0 saturated carbocycles. The van der Waals surface area contributed by atoms with Gasteiger partial charge in [0.2, 0.25) is 0 Å². The normalized spacial score (nSPS) is 21.3. The van der Waals surface area contributed by atoms with Crippen molar-refractivity contribution in [1.82, 2.24) is 0 Å². The molecule has 0 unspecified atom stereocenters. The highest BCUT2D eigenvalue weighted by atomic mass is 19.2. The molecule has 1 aliphatic heterocycles. The van der Waals surface area contributed by atoms with Gasteiger partial charge in [-0.3, -0.25) is 0 Å². The summed E-state index contributed by atoms with van der Waals surface area (Å²) in [5.74, 6) is -0.0211. The van der Waals surface area contributed by atoms with Crippen LogP contribution in [0.3, 0.4) is 0 Å². The van der Waals surface area contributed by atoms with Crippen molar-refractivity contribution in [2.24, 2.45) is 0 Å². The molecule has 2 rings (SSSR count). The second-order valence-electron chi connectivity index (χ2n) is 5.66. The Morgan fingerprint density at radius 3 is 2.11 bits per heavy atom. The fraction of sp³-hybridized carbons (Fsp3) is 0.429. The molecule has 0 spiro atoms. The molecule has 0 bridgehead atoms. The van der Waals surface area contributed by atoms with E-state index in [2.05, 4.69) is 0 Å². The Hall–Kier alpha value is -1.20. The van der Waals surface area contributed by atoms with Crippen LogP contribution < -0.4 is 0 Å². The summed E-state index contributed by atoms with van der Waals surface area (Å²) >= 11 is 0. The van der Waals surface area contributed by atoms with Crippen LogP contribution in [0.1, 0.15) is 33.3 Å². The maximum absolute atomic E-state index is 13.1. The number of benzene rings is 1. The third-order valence-electron chi connectivity index (χ3n) is 3.66. The van der Waals surface area contributed by atoms with Crippen LogP contribution in [0, 0.1) is 11.6 Å². The fourth-order valence-electron chi connectivity index (χ4n) is 1.77. The first-order valence-electron chi connectivity index (χ1n) is 6.20. The maximum atomic E-state index is 13.1. The quantitative estimate of drug-likeness (QED) is 0.761. The molecular formula is C14H17BF2O2. The van der Waals surface area contributed by atoms with Crippen molar-refractivity contribution >= 4 is 13.2 Å². The molecule has 19 heavy (non-hydrogen) atoms. The molecule has 0 atom stereocenters. The third-order valence-corrected chi connectivity index (χ3v) is 3.66. The lowest BCUT2D eigenvalue weighted by Crippen LogP contribution is -2.41. The van der Waals surface area contributed by atoms with E-state index in [0.29, 0.717) is 5.56 Å². The Bertz CT molecular complexity index is 496. The van der Waals surface area contributed by atoms with Crippen LogP contribution in [-0.2, 0) is 9.31 Å². The van der Waals surface area contributed by atoms with Gasteiger partial charge in [-0.15, -0.1) is 0 Å². The Kier molecular flexibility index (Phi) is 3.54. The Labute approximate surface area is 112 Å². The van der Waals surface area contributed by atoms with Gasteiger partial charge in [0.25, 0.3) is 0 Å². The molecule has 0 radical (unpaired) electrons. The van der Waals surface area contributed by atoms with E-state index in [4.69, 9.17) is 9.31 Å². The Morgan fingerprint density at radius 1 is 1.00 bits per heavy atom. The van der Waals surface area contributed by atoms with E-state index in [1.165, 1.54) is 6.07 Å². The highest BCUT2D eigenvalue weighted by Gasteiger charge is 2.49. The predicted octanol–water partition coefficient (Wildman–Crippen LogP) is 3.61. The molecule has 0 aromatic heterocycles. The van der Waals surface area contributed by atoms with Gasteiger partial charge in [-0.25, -0.2) is 8.78 Å². The lowest BCUT2D eigenvalue weighted by molar-refractivity contribution is 0.00578. The zero-order chi connectivity index (χ0) is 14.3. The average Bonchev–Trinajstić information content (AvgIpc) is 2.49. The molecule has 1 saturated heterocycles. The highest BCUT2D eigenvalue weighted by Crippen LogP contribution is 2.37. The summed E-state index contributed by atoms with van der Waals surface area (Å²) in [6.07, 6.45) is 1.66. The van der Waals surface area contributed by atoms with Crippen LogP contribution in [0.25, 0.3) is 6.08 Å². The minimum absolute atomic E-state index is 0.407. The van der Waals surface area contributed by atoms with Crippen molar-refractivity contribution in [1.29, 1.82) is 0 Å². The lowest BCUT2D eigenvalue weighted by Gasteiger charge is -2.32. The molecular weight excluding hydrogens is 249 g/mol. The maximum Gasteiger partial charge on any atom is 0.487 e. The van der Waals surface area contributed by atoms with E-state index in [9.17, 15) is 8.78 Å². The molecule has 1 heterocycles. The zero-order valence-electron chi connectivity index (χ0n) is 11.5. The van der Waals surface area contributed by atoms with Crippen molar-refractivity contribution in [3.8, 4) is 0 Å². The highest BCUT2D eigenvalue weighted by molar-refractivity contribution is 6.52. The second kappa shape index (κ2) is 4.73. The molecule has 0 N–H and O–H groups in total.